The molecule has 23 heavy (non-hydrogen) atoms. The lowest BCUT2D eigenvalue weighted by Crippen LogP contribution is -2.47. The van der Waals surface area contributed by atoms with Gasteiger partial charge in [0.05, 0.1) is 12.2 Å². The van der Waals surface area contributed by atoms with Crippen molar-refractivity contribution >= 4 is 5.97 Å². The van der Waals surface area contributed by atoms with E-state index in [9.17, 15) is 4.79 Å². The second kappa shape index (κ2) is 7.40. The van der Waals surface area contributed by atoms with Gasteiger partial charge in [-0.1, -0.05) is 18.1 Å². The lowest BCUT2D eigenvalue weighted by Gasteiger charge is -2.37. The number of carbonyl (C=O) groups is 1. The maximum atomic E-state index is 11.0. The number of carboxylic acids is 1. The molecule has 2 N–H and O–H groups in total. The van der Waals surface area contributed by atoms with E-state index in [4.69, 9.17) is 9.84 Å². The topological polar surface area (TPSA) is 89.3 Å². The maximum Gasteiger partial charge on any atom is 0.358 e. The van der Waals surface area contributed by atoms with Gasteiger partial charge in [0, 0.05) is 25.3 Å². The van der Waals surface area contributed by atoms with Crippen LogP contribution >= 0.6 is 0 Å². The van der Waals surface area contributed by atoms with Crippen LogP contribution in [0.2, 0.25) is 0 Å². The normalized spacial score (nSPS) is 27.7. The monoisotopic (exact) mass is 322 g/mol. The van der Waals surface area contributed by atoms with Crippen molar-refractivity contribution in [1.82, 2.24) is 20.3 Å². The second-order valence-electron chi connectivity index (χ2n) is 6.75. The average Bonchev–Trinajstić information content (AvgIpc) is 3.06. The third-order valence-electron chi connectivity index (χ3n) is 5.25. The third kappa shape index (κ3) is 3.90. The standard InChI is InChI=1S/C16H26N4O3/c1-11(12-6-8-23-9-7-12)17-13-4-2-3-5-15(13)20-10-14(16(21)22)18-19-20/h10-13,15,17H,2-9H2,1H3,(H,21,22)/t11?,13-,15+/m1/s1. The summed E-state index contributed by atoms with van der Waals surface area (Å²) in [7, 11) is 0. The molecular weight excluding hydrogens is 296 g/mol. The van der Waals surface area contributed by atoms with E-state index < -0.39 is 5.97 Å². The van der Waals surface area contributed by atoms with E-state index in [2.05, 4.69) is 22.6 Å². The summed E-state index contributed by atoms with van der Waals surface area (Å²) in [4.78, 5) is 11.0. The van der Waals surface area contributed by atoms with Gasteiger partial charge < -0.3 is 15.2 Å². The van der Waals surface area contributed by atoms with Crippen LogP contribution in [-0.2, 0) is 4.74 Å². The summed E-state index contributed by atoms with van der Waals surface area (Å²) in [6, 6.07) is 0.948. The molecule has 1 aliphatic carbocycles. The average molecular weight is 322 g/mol. The van der Waals surface area contributed by atoms with Gasteiger partial charge in [-0.05, 0) is 38.5 Å². The van der Waals surface area contributed by atoms with Crippen molar-refractivity contribution in [2.45, 2.75) is 63.6 Å². The van der Waals surface area contributed by atoms with Crippen LogP contribution < -0.4 is 5.32 Å². The quantitative estimate of drug-likeness (QED) is 0.860. The number of hydrogen-bond donors (Lipinski definition) is 2. The highest BCUT2D eigenvalue weighted by Gasteiger charge is 2.31. The molecule has 0 radical (unpaired) electrons. The molecule has 1 saturated carbocycles. The maximum absolute atomic E-state index is 11.0. The van der Waals surface area contributed by atoms with Crippen molar-refractivity contribution in [3.05, 3.63) is 11.9 Å². The first-order valence-corrected chi connectivity index (χ1v) is 8.64. The molecule has 2 heterocycles. The molecule has 0 aromatic carbocycles. The Morgan fingerprint density at radius 3 is 2.78 bits per heavy atom. The minimum atomic E-state index is -1.02. The Morgan fingerprint density at radius 2 is 2.09 bits per heavy atom. The summed E-state index contributed by atoms with van der Waals surface area (Å²) in [6.07, 6.45) is 8.25. The summed E-state index contributed by atoms with van der Waals surface area (Å²) in [5.41, 5.74) is 0.0202. The SMILES string of the molecule is CC(N[C@@H]1CCCC[C@@H]1n1cc(C(=O)O)nn1)C1CCOCC1. The summed E-state index contributed by atoms with van der Waals surface area (Å²) in [5, 5.41) is 20.6. The van der Waals surface area contributed by atoms with Gasteiger partial charge in [0.15, 0.2) is 5.69 Å². The molecule has 1 aromatic rings. The fourth-order valence-corrected chi connectivity index (χ4v) is 3.85. The zero-order chi connectivity index (χ0) is 16.2. The van der Waals surface area contributed by atoms with Crippen LogP contribution in [0.25, 0.3) is 0 Å². The van der Waals surface area contributed by atoms with Crippen molar-refractivity contribution < 1.29 is 14.6 Å². The summed E-state index contributed by atoms with van der Waals surface area (Å²) < 4.78 is 7.20. The Balaban J connectivity index is 1.66. The molecule has 3 rings (SSSR count). The highest BCUT2D eigenvalue weighted by Crippen LogP contribution is 2.30. The first-order valence-electron chi connectivity index (χ1n) is 8.64. The van der Waals surface area contributed by atoms with Crippen molar-refractivity contribution in [1.29, 1.82) is 0 Å². The number of rotatable bonds is 5. The van der Waals surface area contributed by atoms with Crippen LogP contribution in [0.5, 0.6) is 0 Å². The van der Waals surface area contributed by atoms with Crippen LogP contribution in [0, 0.1) is 5.92 Å². The molecule has 7 nitrogen and oxygen atoms in total. The fourth-order valence-electron chi connectivity index (χ4n) is 3.85. The predicted octanol–water partition coefficient (Wildman–Crippen LogP) is 1.86. The Kier molecular flexibility index (Phi) is 5.27. The number of hydrogen-bond acceptors (Lipinski definition) is 5. The molecule has 3 atom stereocenters. The zero-order valence-corrected chi connectivity index (χ0v) is 13.6. The molecule has 1 unspecified atom stereocenters. The molecular formula is C16H26N4O3. The third-order valence-corrected chi connectivity index (χ3v) is 5.25. The number of aromatic nitrogens is 3. The Bertz CT molecular complexity index is 527. The van der Waals surface area contributed by atoms with E-state index in [1.165, 1.54) is 6.42 Å². The van der Waals surface area contributed by atoms with Gasteiger partial charge >= 0.3 is 5.97 Å². The van der Waals surface area contributed by atoms with Crippen LogP contribution in [-0.4, -0.2) is 51.4 Å². The van der Waals surface area contributed by atoms with Gasteiger partial charge in [-0.2, -0.15) is 0 Å². The van der Waals surface area contributed by atoms with Crippen LogP contribution in [0.4, 0.5) is 0 Å². The van der Waals surface area contributed by atoms with Gasteiger partial charge in [0.1, 0.15) is 0 Å². The van der Waals surface area contributed by atoms with Crippen molar-refractivity contribution in [2.24, 2.45) is 5.92 Å². The molecule has 0 spiro atoms. The summed E-state index contributed by atoms with van der Waals surface area (Å²) >= 11 is 0. The van der Waals surface area contributed by atoms with Crippen LogP contribution in [0.1, 0.15) is 62.0 Å². The van der Waals surface area contributed by atoms with Crippen LogP contribution in [0.3, 0.4) is 0 Å². The molecule has 128 valence electrons. The highest BCUT2D eigenvalue weighted by molar-refractivity contribution is 5.84. The molecule has 1 aliphatic heterocycles. The molecule has 1 aromatic heterocycles. The Morgan fingerprint density at radius 1 is 1.35 bits per heavy atom. The van der Waals surface area contributed by atoms with E-state index in [1.807, 2.05) is 0 Å². The summed E-state index contributed by atoms with van der Waals surface area (Å²) in [5.74, 6) is -0.371. The molecule has 0 amide bonds. The highest BCUT2D eigenvalue weighted by atomic mass is 16.5. The second-order valence-corrected chi connectivity index (χ2v) is 6.75. The van der Waals surface area contributed by atoms with Gasteiger partial charge in [-0.15, -0.1) is 5.10 Å². The zero-order valence-electron chi connectivity index (χ0n) is 13.6. The van der Waals surface area contributed by atoms with Gasteiger partial charge in [-0.25, -0.2) is 9.48 Å². The number of nitrogens with one attached hydrogen (secondary N) is 1. The van der Waals surface area contributed by atoms with E-state index in [0.717, 1.165) is 45.3 Å². The minimum absolute atomic E-state index is 0.0202. The first-order chi connectivity index (χ1) is 11.1. The van der Waals surface area contributed by atoms with E-state index in [0.29, 0.717) is 18.0 Å². The van der Waals surface area contributed by atoms with Crippen molar-refractivity contribution in [3.8, 4) is 0 Å². The number of ether oxygens (including phenoxy) is 1. The van der Waals surface area contributed by atoms with E-state index >= 15 is 0 Å². The lowest BCUT2D eigenvalue weighted by molar-refractivity contribution is 0.0518. The number of nitrogens with zero attached hydrogens (tertiary/aromatic N) is 3. The minimum Gasteiger partial charge on any atom is -0.476 e. The molecule has 7 heteroatoms. The molecule has 0 bridgehead atoms. The van der Waals surface area contributed by atoms with Crippen molar-refractivity contribution in [3.63, 3.8) is 0 Å². The van der Waals surface area contributed by atoms with Gasteiger partial charge in [0.2, 0.25) is 0 Å². The number of aromatic carboxylic acids is 1. The first kappa shape index (κ1) is 16.4. The van der Waals surface area contributed by atoms with Gasteiger partial charge in [-0.3, -0.25) is 0 Å². The Labute approximate surface area is 136 Å². The lowest BCUT2D eigenvalue weighted by atomic mass is 9.87. The molecule has 1 saturated heterocycles. The van der Waals surface area contributed by atoms with E-state index in [1.54, 1.807) is 10.9 Å². The summed E-state index contributed by atoms with van der Waals surface area (Å²) in [6.45, 7) is 3.97. The largest absolute Gasteiger partial charge is 0.476 e. The van der Waals surface area contributed by atoms with Gasteiger partial charge in [0.25, 0.3) is 0 Å². The smallest absolute Gasteiger partial charge is 0.358 e. The molecule has 2 fully saturated rings. The van der Waals surface area contributed by atoms with Crippen molar-refractivity contribution in [2.75, 3.05) is 13.2 Å². The predicted molar refractivity (Wildman–Crippen MR) is 84.4 cm³/mol. The molecule has 2 aliphatic rings. The number of carboxylic acid groups (broad SMARTS) is 1. The Hall–Kier alpha value is -1.47. The fraction of sp³-hybridized carbons (Fsp3) is 0.812. The van der Waals surface area contributed by atoms with E-state index in [-0.39, 0.29) is 11.7 Å². The van der Waals surface area contributed by atoms with Crippen LogP contribution in [0.15, 0.2) is 6.20 Å².